The van der Waals surface area contributed by atoms with Crippen molar-refractivity contribution in [3.8, 4) is 28.4 Å². The second-order valence-electron chi connectivity index (χ2n) is 9.99. The molecule has 9 nitrogen and oxygen atoms in total. The molecular weight excluding hydrogens is 605 g/mol. The van der Waals surface area contributed by atoms with Crippen molar-refractivity contribution in [2.45, 2.75) is 19.3 Å². The van der Waals surface area contributed by atoms with E-state index < -0.39 is 12.1 Å². The lowest BCUT2D eigenvalue weighted by Crippen LogP contribution is -2.30. The monoisotopic (exact) mass is 638 g/mol. The predicted molar refractivity (Wildman–Crippen MR) is 165 cm³/mol. The quantitative estimate of drug-likeness (QED) is 0.184. The summed E-state index contributed by atoms with van der Waals surface area (Å²) in [4.78, 5) is 24.6. The molecule has 0 aromatic heterocycles. The number of fused-ring (bicyclic) bond motifs is 1. The molecule has 1 amide bonds. The highest BCUT2D eigenvalue weighted by molar-refractivity contribution is 6.06. The number of carbonyl (C=O) groups excluding carboxylic acids is 1. The Bertz CT molecular complexity index is 1630. The lowest BCUT2D eigenvalue weighted by Gasteiger charge is -2.25. The summed E-state index contributed by atoms with van der Waals surface area (Å²) in [7, 11) is 3.33. The van der Waals surface area contributed by atoms with Gasteiger partial charge in [-0.2, -0.15) is 13.2 Å². The zero-order chi connectivity index (χ0) is 33.1. The van der Waals surface area contributed by atoms with E-state index in [2.05, 4.69) is 41.7 Å². The SMILES string of the molecule is COCCNCc1cccc(-c2ccccc2CN(C(=O)c2ccc3c(c2)OCO3)c2ccc(OC)cc2)c1.O=C(O)C(F)(F)F. The van der Waals surface area contributed by atoms with Gasteiger partial charge < -0.3 is 34.3 Å². The van der Waals surface area contributed by atoms with Gasteiger partial charge in [0.05, 0.1) is 20.3 Å². The topological polar surface area (TPSA) is 107 Å². The van der Waals surface area contributed by atoms with Crippen LogP contribution in [0.4, 0.5) is 18.9 Å². The van der Waals surface area contributed by atoms with E-state index in [1.54, 1.807) is 37.3 Å². The van der Waals surface area contributed by atoms with Crippen molar-refractivity contribution in [3.63, 3.8) is 0 Å². The molecule has 0 radical (unpaired) electrons. The van der Waals surface area contributed by atoms with Crippen molar-refractivity contribution < 1.29 is 46.8 Å². The Morgan fingerprint density at radius 2 is 1.63 bits per heavy atom. The van der Waals surface area contributed by atoms with Crippen molar-refractivity contribution in [3.05, 3.63) is 108 Å². The van der Waals surface area contributed by atoms with Crippen LogP contribution in [0, 0.1) is 0 Å². The number of rotatable bonds is 11. The molecule has 46 heavy (non-hydrogen) atoms. The second-order valence-corrected chi connectivity index (χ2v) is 9.99. The van der Waals surface area contributed by atoms with E-state index in [9.17, 15) is 18.0 Å². The van der Waals surface area contributed by atoms with Crippen molar-refractivity contribution in [2.24, 2.45) is 0 Å². The van der Waals surface area contributed by atoms with E-state index in [1.165, 1.54) is 5.56 Å². The third kappa shape index (κ3) is 8.99. The summed E-state index contributed by atoms with van der Waals surface area (Å²) < 4.78 is 53.2. The molecule has 0 aliphatic carbocycles. The van der Waals surface area contributed by atoms with E-state index in [0.717, 1.165) is 41.2 Å². The van der Waals surface area contributed by atoms with Gasteiger partial charge >= 0.3 is 12.1 Å². The summed E-state index contributed by atoms with van der Waals surface area (Å²) in [6.07, 6.45) is -5.08. The first-order chi connectivity index (χ1) is 22.1. The van der Waals surface area contributed by atoms with Gasteiger partial charge in [-0.1, -0.05) is 42.5 Å². The van der Waals surface area contributed by atoms with Gasteiger partial charge in [0.1, 0.15) is 5.75 Å². The molecule has 1 aliphatic rings. The number of amides is 1. The lowest BCUT2D eigenvalue weighted by atomic mass is 9.97. The Balaban J connectivity index is 0.000000617. The van der Waals surface area contributed by atoms with Crippen LogP contribution in [0.1, 0.15) is 21.5 Å². The molecule has 2 N–H and O–H groups in total. The first-order valence-electron chi connectivity index (χ1n) is 14.1. The molecule has 0 unspecified atom stereocenters. The van der Waals surface area contributed by atoms with Gasteiger partial charge in [0, 0.05) is 31.5 Å². The van der Waals surface area contributed by atoms with Crippen LogP contribution in [0.15, 0.2) is 91.0 Å². The molecule has 0 spiro atoms. The molecule has 0 fully saturated rings. The van der Waals surface area contributed by atoms with Crippen LogP contribution in [0.3, 0.4) is 0 Å². The van der Waals surface area contributed by atoms with E-state index in [1.807, 2.05) is 36.4 Å². The number of ether oxygens (including phenoxy) is 4. The first kappa shape index (κ1) is 33.8. The molecule has 4 aromatic carbocycles. The van der Waals surface area contributed by atoms with E-state index in [-0.39, 0.29) is 12.7 Å². The number of halogens is 3. The van der Waals surface area contributed by atoms with Crippen LogP contribution in [-0.2, 0) is 22.6 Å². The Morgan fingerprint density at radius 3 is 2.33 bits per heavy atom. The average Bonchev–Trinajstić information content (AvgIpc) is 3.54. The van der Waals surface area contributed by atoms with Crippen LogP contribution < -0.4 is 24.4 Å². The summed E-state index contributed by atoms with van der Waals surface area (Å²) >= 11 is 0. The molecular formula is C34H33F3N2O7. The summed E-state index contributed by atoms with van der Waals surface area (Å²) in [5.41, 5.74) is 5.69. The Labute approximate surface area is 264 Å². The van der Waals surface area contributed by atoms with Gasteiger partial charge in [0.15, 0.2) is 11.5 Å². The predicted octanol–water partition coefficient (Wildman–Crippen LogP) is 6.31. The number of alkyl halides is 3. The Morgan fingerprint density at radius 1 is 0.913 bits per heavy atom. The second kappa shape index (κ2) is 15.8. The Kier molecular flexibility index (Phi) is 11.6. The number of nitrogens with zero attached hydrogens (tertiary/aromatic N) is 1. The number of hydrogen-bond acceptors (Lipinski definition) is 7. The van der Waals surface area contributed by atoms with Gasteiger partial charge in [0.25, 0.3) is 5.91 Å². The number of aliphatic carboxylic acids is 1. The van der Waals surface area contributed by atoms with Crippen molar-refractivity contribution in [2.75, 3.05) is 39.1 Å². The fourth-order valence-corrected chi connectivity index (χ4v) is 4.59. The third-order valence-electron chi connectivity index (χ3n) is 6.89. The standard InChI is InChI=1S/C32H32N2O5.C2HF3O2/c1-36-17-16-33-20-23-6-5-8-24(18-23)29-9-4-3-7-26(29)21-34(27-11-13-28(37-2)14-12-27)32(35)25-10-15-30-31(19-25)39-22-38-30;3-2(4,5)1(6)7/h3-15,18-19,33H,16-17,20-22H2,1-2H3;(H,6,7). The van der Waals surface area contributed by atoms with Crippen molar-refractivity contribution in [1.29, 1.82) is 0 Å². The van der Waals surface area contributed by atoms with E-state index >= 15 is 0 Å². The summed E-state index contributed by atoms with van der Waals surface area (Å²) in [6, 6.07) is 29.5. The molecule has 0 saturated carbocycles. The molecule has 4 aromatic rings. The van der Waals surface area contributed by atoms with Crippen LogP contribution >= 0.6 is 0 Å². The van der Waals surface area contributed by atoms with E-state index in [0.29, 0.717) is 30.2 Å². The summed E-state index contributed by atoms with van der Waals surface area (Å²) in [6.45, 7) is 2.74. The highest BCUT2D eigenvalue weighted by Crippen LogP contribution is 2.34. The van der Waals surface area contributed by atoms with Crippen LogP contribution in [0.2, 0.25) is 0 Å². The molecule has 12 heteroatoms. The number of nitrogens with one attached hydrogen (secondary N) is 1. The van der Waals surface area contributed by atoms with Gasteiger partial charge in [-0.25, -0.2) is 4.79 Å². The molecule has 0 atom stereocenters. The van der Waals surface area contributed by atoms with E-state index in [4.69, 9.17) is 28.8 Å². The normalized spacial score (nSPS) is 11.8. The molecule has 242 valence electrons. The van der Waals surface area contributed by atoms with Crippen LogP contribution in [-0.4, -0.2) is 57.3 Å². The van der Waals surface area contributed by atoms with Gasteiger partial charge in [-0.3, -0.25) is 4.79 Å². The average molecular weight is 639 g/mol. The summed E-state index contributed by atoms with van der Waals surface area (Å²) in [5, 5.41) is 10.5. The lowest BCUT2D eigenvalue weighted by molar-refractivity contribution is -0.192. The molecule has 0 bridgehead atoms. The molecule has 1 heterocycles. The molecule has 1 aliphatic heterocycles. The van der Waals surface area contributed by atoms with Crippen molar-refractivity contribution >= 4 is 17.6 Å². The van der Waals surface area contributed by atoms with Crippen LogP contribution in [0.5, 0.6) is 17.2 Å². The molecule has 0 saturated heterocycles. The van der Waals surface area contributed by atoms with Gasteiger partial charge in [-0.15, -0.1) is 0 Å². The maximum Gasteiger partial charge on any atom is 0.490 e. The minimum Gasteiger partial charge on any atom is -0.497 e. The molecule has 5 rings (SSSR count). The van der Waals surface area contributed by atoms with Gasteiger partial charge in [0.2, 0.25) is 6.79 Å². The maximum absolute atomic E-state index is 14.0. The minimum atomic E-state index is -5.08. The third-order valence-corrected chi connectivity index (χ3v) is 6.89. The van der Waals surface area contributed by atoms with Gasteiger partial charge in [-0.05, 0) is 70.8 Å². The highest BCUT2D eigenvalue weighted by Gasteiger charge is 2.38. The smallest absolute Gasteiger partial charge is 0.490 e. The fourth-order valence-electron chi connectivity index (χ4n) is 4.59. The number of benzene rings is 4. The number of methoxy groups -OCH3 is 2. The van der Waals surface area contributed by atoms with Crippen LogP contribution in [0.25, 0.3) is 11.1 Å². The Hall–Kier alpha value is -5.07. The maximum atomic E-state index is 14.0. The minimum absolute atomic E-state index is 0.135. The fraction of sp³-hybridized carbons (Fsp3) is 0.235. The zero-order valence-corrected chi connectivity index (χ0v) is 25.2. The number of anilines is 1. The first-order valence-corrected chi connectivity index (χ1v) is 14.1. The number of hydrogen-bond donors (Lipinski definition) is 2. The zero-order valence-electron chi connectivity index (χ0n) is 25.2. The largest absolute Gasteiger partial charge is 0.497 e. The summed E-state index contributed by atoms with van der Waals surface area (Å²) in [5.74, 6) is -0.946. The number of carbonyl (C=O) groups is 2. The van der Waals surface area contributed by atoms with Crippen molar-refractivity contribution in [1.82, 2.24) is 5.32 Å². The highest BCUT2D eigenvalue weighted by atomic mass is 19.4. The number of carboxylic acids is 1. The number of carboxylic acid groups (broad SMARTS) is 1.